The number of hydrogen-bond donors (Lipinski definition) is 1. The lowest BCUT2D eigenvalue weighted by Gasteiger charge is -2.31. The Morgan fingerprint density at radius 3 is 2.30 bits per heavy atom. The fourth-order valence-electron chi connectivity index (χ4n) is 4.48. The first-order chi connectivity index (χ1) is 19.1. The number of hydrogen-bond acceptors (Lipinski definition) is 5. The number of nitrogens with one attached hydrogen (secondary N) is 1. The molecular formula is C30H36ClN3O5S. The molecule has 0 saturated carbocycles. The van der Waals surface area contributed by atoms with Crippen molar-refractivity contribution in [1.82, 2.24) is 10.2 Å². The van der Waals surface area contributed by atoms with E-state index in [1.54, 1.807) is 54.4 Å². The summed E-state index contributed by atoms with van der Waals surface area (Å²) in [6, 6.07) is 22.8. The first-order valence-electron chi connectivity index (χ1n) is 13.1. The fourth-order valence-corrected chi connectivity index (χ4v) is 5.66. The van der Waals surface area contributed by atoms with Crippen LogP contribution in [-0.2, 0) is 32.6 Å². The number of para-hydroxylation sites is 2. The smallest absolute Gasteiger partial charge is 0.242 e. The van der Waals surface area contributed by atoms with Gasteiger partial charge in [-0.25, -0.2) is 8.42 Å². The quantitative estimate of drug-likeness (QED) is 0.297. The van der Waals surface area contributed by atoms with E-state index >= 15 is 0 Å². The monoisotopic (exact) mass is 585 g/mol. The summed E-state index contributed by atoms with van der Waals surface area (Å²) in [5.41, 5.74) is 2.12. The highest BCUT2D eigenvalue weighted by molar-refractivity contribution is 7.92. The van der Waals surface area contributed by atoms with Gasteiger partial charge < -0.3 is 15.0 Å². The minimum atomic E-state index is -3.66. The number of halogens is 1. The Labute approximate surface area is 241 Å². The van der Waals surface area contributed by atoms with Crippen molar-refractivity contribution in [3.63, 3.8) is 0 Å². The molecule has 0 saturated heterocycles. The van der Waals surface area contributed by atoms with E-state index in [9.17, 15) is 18.0 Å². The van der Waals surface area contributed by atoms with Gasteiger partial charge in [-0.1, -0.05) is 66.2 Å². The maximum absolute atomic E-state index is 13.7. The van der Waals surface area contributed by atoms with Crippen LogP contribution in [0.5, 0.6) is 5.75 Å². The lowest BCUT2D eigenvalue weighted by molar-refractivity contribution is -0.141. The molecule has 0 aromatic heterocycles. The Kier molecular flexibility index (Phi) is 11.4. The molecule has 0 radical (unpaired) electrons. The van der Waals surface area contributed by atoms with Gasteiger partial charge in [0.25, 0.3) is 0 Å². The third-order valence-corrected chi connectivity index (χ3v) is 7.76. The van der Waals surface area contributed by atoms with Crippen molar-refractivity contribution < 1.29 is 22.7 Å². The van der Waals surface area contributed by atoms with Gasteiger partial charge in [0.2, 0.25) is 21.8 Å². The van der Waals surface area contributed by atoms with Gasteiger partial charge in [-0.15, -0.1) is 0 Å². The molecule has 0 fully saturated rings. The normalized spacial score (nSPS) is 11.9. The van der Waals surface area contributed by atoms with Gasteiger partial charge >= 0.3 is 0 Å². The van der Waals surface area contributed by atoms with Gasteiger partial charge in [-0.3, -0.25) is 13.9 Å². The summed E-state index contributed by atoms with van der Waals surface area (Å²) >= 11 is 6.21. The number of carbonyl (C=O) groups excluding carboxylic acids is 2. The molecule has 0 bridgehead atoms. The summed E-state index contributed by atoms with van der Waals surface area (Å²) in [4.78, 5) is 28.4. The lowest BCUT2D eigenvalue weighted by Crippen LogP contribution is -2.49. The predicted molar refractivity (Wildman–Crippen MR) is 159 cm³/mol. The number of benzene rings is 3. The third-order valence-electron chi connectivity index (χ3n) is 6.35. The predicted octanol–water partition coefficient (Wildman–Crippen LogP) is 4.67. The molecule has 2 amide bonds. The SMILES string of the molecule is CCOc1ccccc1N(CCCC(=O)N(Cc1cccc(Cl)c1)[C@H](Cc1ccccc1)C(=O)NC)S(C)(=O)=O. The molecule has 0 unspecified atom stereocenters. The average Bonchev–Trinajstić information content (AvgIpc) is 2.93. The van der Waals surface area contributed by atoms with Crippen LogP contribution in [0.25, 0.3) is 0 Å². The van der Waals surface area contributed by atoms with Gasteiger partial charge in [0.1, 0.15) is 11.8 Å². The van der Waals surface area contributed by atoms with E-state index in [2.05, 4.69) is 5.32 Å². The van der Waals surface area contributed by atoms with Gasteiger partial charge in [0, 0.05) is 38.0 Å². The van der Waals surface area contributed by atoms with Crippen LogP contribution in [0, 0.1) is 0 Å². The second kappa shape index (κ2) is 14.7. The van der Waals surface area contributed by atoms with Crippen molar-refractivity contribution in [3.05, 3.63) is 95.0 Å². The Hall–Kier alpha value is -3.56. The first kappa shape index (κ1) is 31.0. The van der Waals surface area contributed by atoms with Crippen molar-refractivity contribution in [2.45, 2.75) is 38.8 Å². The van der Waals surface area contributed by atoms with Crippen LogP contribution in [0.1, 0.15) is 30.9 Å². The van der Waals surface area contributed by atoms with Crippen LogP contribution >= 0.6 is 11.6 Å². The minimum Gasteiger partial charge on any atom is -0.492 e. The fraction of sp³-hybridized carbons (Fsp3) is 0.333. The van der Waals surface area contributed by atoms with E-state index in [0.29, 0.717) is 29.5 Å². The molecule has 3 rings (SSSR count). The summed E-state index contributed by atoms with van der Waals surface area (Å²) in [7, 11) is -2.11. The molecule has 8 nitrogen and oxygen atoms in total. The highest BCUT2D eigenvalue weighted by Gasteiger charge is 2.30. The van der Waals surface area contributed by atoms with Gasteiger partial charge in [-0.2, -0.15) is 0 Å². The summed E-state index contributed by atoms with van der Waals surface area (Å²) in [6.45, 7) is 2.46. The molecule has 1 atom stereocenters. The van der Waals surface area contributed by atoms with Gasteiger partial charge in [0.05, 0.1) is 18.6 Å². The Balaban J connectivity index is 1.86. The van der Waals surface area contributed by atoms with Gasteiger partial charge in [-0.05, 0) is 48.7 Å². The van der Waals surface area contributed by atoms with Crippen molar-refractivity contribution in [2.24, 2.45) is 0 Å². The van der Waals surface area contributed by atoms with Crippen LogP contribution in [0.2, 0.25) is 5.02 Å². The van der Waals surface area contributed by atoms with E-state index in [1.807, 2.05) is 43.3 Å². The number of anilines is 1. The largest absolute Gasteiger partial charge is 0.492 e. The lowest BCUT2D eigenvalue weighted by atomic mass is 10.0. The topological polar surface area (TPSA) is 96.0 Å². The van der Waals surface area contributed by atoms with Crippen molar-refractivity contribution in [3.8, 4) is 5.75 Å². The van der Waals surface area contributed by atoms with E-state index in [4.69, 9.17) is 16.3 Å². The Morgan fingerprint density at radius 2 is 1.65 bits per heavy atom. The van der Waals surface area contributed by atoms with Crippen LogP contribution in [-0.4, -0.2) is 57.6 Å². The minimum absolute atomic E-state index is 0.0334. The zero-order valence-corrected chi connectivity index (χ0v) is 24.6. The average molecular weight is 586 g/mol. The Bertz CT molecular complexity index is 1380. The van der Waals surface area contributed by atoms with Crippen molar-refractivity contribution in [1.29, 1.82) is 0 Å². The number of amides is 2. The molecule has 0 aliphatic heterocycles. The summed E-state index contributed by atoms with van der Waals surface area (Å²) in [6.07, 6.45) is 1.73. The standard InChI is InChI=1S/C30H36ClN3O5S/c1-4-39-28-17-9-8-16-26(28)34(40(3,37)38)19-11-18-29(35)33(22-24-14-10-15-25(31)20-24)27(30(36)32-2)21-23-12-6-5-7-13-23/h5-10,12-17,20,27H,4,11,18-19,21-22H2,1-3H3,(H,32,36)/t27-/m1/s1. The van der Waals surface area contributed by atoms with E-state index in [1.165, 1.54) is 4.31 Å². The van der Waals surface area contributed by atoms with Gasteiger partial charge in [0.15, 0.2) is 0 Å². The highest BCUT2D eigenvalue weighted by Crippen LogP contribution is 2.30. The molecule has 214 valence electrons. The van der Waals surface area contributed by atoms with Crippen molar-refractivity contribution in [2.75, 3.05) is 30.8 Å². The second-order valence-corrected chi connectivity index (χ2v) is 11.7. The molecule has 0 heterocycles. The summed E-state index contributed by atoms with van der Waals surface area (Å²) in [5.74, 6) is -0.106. The second-order valence-electron chi connectivity index (χ2n) is 9.31. The molecule has 10 heteroatoms. The summed E-state index contributed by atoms with van der Waals surface area (Å²) in [5, 5.41) is 3.22. The van der Waals surface area contributed by atoms with E-state index in [0.717, 1.165) is 17.4 Å². The molecule has 3 aromatic rings. The van der Waals surface area contributed by atoms with Crippen molar-refractivity contribution >= 4 is 39.1 Å². The molecule has 1 N–H and O–H groups in total. The zero-order valence-electron chi connectivity index (χ0n) is 23.0. The van der Waals surface area contributed by atoms with Crippen LogP contribution < -0.4 is 14.4 Å². The zero-order chi connectivity index (χ0) is 29.1. The number of ether oxygens (including phenoxy) is 1. The van der Waals surface area contributed by atoms with E-state index in [-0.39, 0.29) is 37.7 Å². The van der Waals surface area contributed by atoms with Crippen LogP contribution in [0.15, 0.2) is 78.9 Å². The van der Waals surface area contributed by atoms with Crippen LogP contribution in [0.3, 0.4) is 0 Å². The first-order valence-corrected chi connectivity index (χ1v) is 15.4. The summed E-state index contributed by atoms with van der Waals surface area (Å²) < 4.78 is 32.3. The molecule has 3 aromatic carbocycles. The van der Waals surface area contributed by atoms with Crippen LogP contribution in [0.4, 0.5) is 5.69 Å². The molecule has 0 aliphatic carbocycles. The molecule has 0 aliphatic rings. The number of sulfonamides is 1. The molecular weight excluding hydrogens is 550 g/mol. The molecule has 40 heavy (non-hydrogen) atoms. The number of nitrogens with zero attached hydrogens (tertiary/aromatic N) is 2. The number of rotatable bonds is 14. The number of carbonyl (C=O) groups is 2. The highest BCUT2D eigenvalue weighted by atomic mass is 35.5. The maximum atomic E-state index is 13.7. The third kappa shape index (κ3) is 8.72. The van der Waals surface area contributed by atoms with E-state index < -0.39 is 16.1 Å². The maximum Gasteiger partial charge on any atom is 0.242 e. The Morgan fingerprint density at radius 1 is 0.975 bits per heavy atom. The number of likely N-dealkylation sites (N-methyl/N-ethyl adjacent to an activating group) is 1. The molecule has 0 spiro atoms.